The van der Waals surface area contributed by atoms with E-state index in [-0.39, 0.29) is 23.7 Å². The highest BCUT2D eigenvalue weighted by Gasteiger charge is 2.35. The molecule has 7 nitrogen and oxygen atoms in total. The van der Waals surface area contributed by atoms with E-state index in [2.05, 4.69) is 11.0 Å². The fourth-order valence-electron chi connectivity index (χ4n) is 5.79. The first-order valence-corrected chi connectivity index (χ1v) is 14.0. The van der Waals surface area contributed by atoms with Crippen molar-refractivity contribution in [2.24, 2.45) is 0 Å². The number of anilines is 1. The van der Waals surface area contributed by atoms with E-state index in [0.29, 0.717) is 24.0 Å². The van der Waals surface area contributed by atoms with Gasteiger partial charge in [-0.15, -0.1) is 0 Å². The number of piperazine rings is 1. The van der Waals surface area contributed by atoms with Crippen LogP contribution in [0.4, 0.5) is 10.5 Å². The van der Waals surface area contributed by atoms with Crippen molar-refractivity contribution in [3.63, 3.8) is 0 Å². The minimum absolute atomic E-state index is 0.00988. The van der Waals surface area contributed by atoms with Crippen molar-refractivity contribution in [3.05, 3.63) is 94.4 Å². The molecule has 7 heteroatoms. The van der Waals surface area contributed by atoms with Crippen LogP contribution >= 0.6 is 0 Å². The number of aryl methyl sites for hydroxylation is 1. The van der Waals surface area contributed by atoms with E-state index in [4.69, 9.17) is 10.00 Å². The summed E-state index contributed by atoms with van der Waals surface area (Å²) in [5, 5.41) is 10.7. The molecule has 4 aromatic rings. The third kappa shape index (κ3) is 5.55. The Hall–Kier alpha value is -4.57. The second-order valence-corrected chi connectivity index (χ2v) is 11.9. The van der Waals surface area contributed by atoms with Gasteiger partial charge in [0.25, 0.3) is 5.56 Å². The van der Waals surface area contributed by atoms with Crippen molar-refractivity contribution in [3.8, 4) is 22.9 Å². The number of benzene rings is 3. The number of carbonyl (C=O) groups is 1. The van der Waals surface area contributed by atoms with Crippen molar-refractivity contribution >= 4 is 22.6 Å². The zero-order valence-electron chi connectivity index (χ0n) is 24.5. The summed E-state index contributed by atoms with van der Waals surface area (Å²) in [6, 6.07) is 23.4. The van der Waals surface area contributed by atoms with Crippen LogP contribution in [0.1, 0.15) is 45.7 Å². The Morgan fingerprint density at radius 1 is 0.927 bits per heavy atom. The van der Waals surface area contributed by atoms with Gasteiger partial charge in [0, 0.05) is 36.0 Å². The van der Waals surface area contributed by atoms with Gasteiger partial charge in [-0.1, -0.05) is 24.3 Å². The molecule has 2 atom stereocenters. The Morgan fingerprint density at radius 3 is 2.12 bits per heavy atom. The number of rotatable bonds is 3. The van der Waals surface area contributed by atoms with Gasteiger partial charge in [-0.25, -0.2) is 4.79 Å². The van der Waals surface area contributed by atoms with E-state index in [1.807, 2.05) is 107 Å². The molecule has 1 aliphatic rings. The molecule has 0 saturated carbocycles. The van der Waals surface area contributed by atoms with Gasteiger partial charge in [0.1, 0.15) is 5.60 Å². The molecule has 5 rings (SSSR count). The highest BCUT2D eigenvalue weighted by atomic mass is 16.6. The van der Waals surface area contributed by atoms with Crippen molar-refractivity contribution in [1.29, 1.82) is 5.26 Å². The second-order valence-electron chi connectivity index (χ2n) is 11.9. The Labute approximate surface area is 241 Å². The van der Waals surface area contributed by atoms with Gasteiger partial charge < -0.3 is 9.64 Å². The van der Waals surface area contributed by atoms with E-state index < -0.39 is 5.60 Å². The Bertz CT molecular complexity index is 1680. The van der Waals surface area contributed by atoms with Crippen LogP contribution in [0.15, 0.2) is 77.7 Å². The maximum absolute atomic E-state index is 13.7. The number of ether oxygens (including phenoxy) is 1. The fourth-order valence-corrected chi connectivity index (χ4v) is 5.79. The monoisotopic (exact) mass is 548 g/mol. The van der Waals surface area contributed by atoms with Gasteiger partial charge in [0.05, 0.1) is 23.7 Å². The molecule has 1 aliphatic heterocycles. The number of carbonyl (C=O) groups excluding carboxylic acids is 1. The fraction of sp³-hybridized carbons (Fsp3) is 0.324. The van der Waals surface area contributed by atoms with Crippen LogP contribution in [0.25, 0.3) is 27.6 Å². The van der Waals surface area contributed by atoms with Crippen molar-refractivity contribution in [2.75, 3.05) is 18.0 Å². The zero-order valence-corrected chi connectivity index (χ0v) is 24.5. The van der Waals surface area contributed by atoms with Gasteiger partial charge in [-0.05, 0) is 106 Å². The summed E-state index contributed by atoms with van der Waals surface area (Å²) in [7, 11) is 0. The lowest BCUT2D eigenvalue weighted by Crippen LogP contribution is -2.59. The molecule has 0 radical (unpaired) electrons. The lowest BCUT2D eigenvalue weighted by molar-refractivity contribution is 0.00566. The summed E-state index contributed by atoms with van der Waals surface area (Å²) in [4.78, 5) is 30.6. The second kappa shape index (κ2) is 10.8. The van der Waals surface area contributed by atoms with E-state index in [1.165, 1.54) is 0 Å². The number of nitriles is 1. The summed E-state index contributed by atoms with van der Waals surface area (Å²) in [6.07, 6.45) is 1.62. The predicted octanol–water partition coefficient (Wildman–Crippen LogP) is 6.67. The highest BCUT2D eigenvalue weighted by molar-refractivity contribution is 5.98. The maximum atomic E-state index is 13.7. The van der Waals surface area contributed by atoms with Crippen molar-refractivity contribution in [2.45, 2.75) is 59.2 Å². The van der Waals surface area contributed by atoms with E-state index >= 15 is 0 Å². The Balaban J connectivity index is 1.42. The minimum Gasteiger partial charge on any atom is -0.444 e. The Kier molecular flexibility index (Phi) is 7.35. The molecule has 2 unspecified atom stereocenters. The number of amides is 1. The molecule has 210 valence electrons. The van der Waals surface area contributed by atoms with Crippen LogP contribution in [0.3, 0.4) is 0 Å². The molecule has 1 fully saturated rings. The minimum atomic E-state index is -0.534. The summed E-state index contributed by atoms with van der Waals surface area (Å²) in [6.45, 7) is 13.1. The van der Waals surface area contributed by atoms with Crippen LogP contribution in [0.5, 0.6) is 0 Å². The van der Waals surface area contributed by atoms with Crippen molar-refractivity contribution in [1.82, 2.24) is 9.47 Å². The molecule has 0 spiro atoms. The van der Waals surface area contributed by atoms with Gasteiger partial charge in [-0.2, -0.15) is 5.26 Å². The summed E-state index contributed by atoms with van der Waals surface area (Å²) in [5.41, 5.74) is 4.75. The third-order valence-corrected chi connectivity index (χ3v) is 7.57. The van der Waals surface area contributed by atoms with E-state index in [9.17, 15) is 9.59 Å². The lowest BCUT2D eigenvalue weighted by Gasteiger charge is -2.45. The quantitative estimate of drug-likeness (QED) is 0.286. The molecule has 2 heterocycles. The standard InChI is InChI=1S/C34H36N4O3/c1-22-19-37(32(39)30-9-7-8-29(31(22)30)26-12-10-25(18-35)11-13-26)28-16-14-27(15-17-28)36-20-23(2)38(24(3)21-36)33(40)41-34(4,5)6/h7-17,19,23-24H,20-21H2,1-6H3. The average Bonchev–Trinajstić information content (AvgIpc) is 2.93. The van der Waals surface area contributed by atoms with Crippen molar-refractivity contribution < 1.29 is 9.53 Å². The lowest BCUT2D eigenvalue weighted by atomic mass is 9.96. The molecule has 1 aromatic heterocycles. The molecule has 0 N–H and O–H groups in total. The predicted molar refractivity (Wildman–Crippen MR) is 164 cm³/mol. The van der Waals surface area contributed by atoms with Gasteiger partial charge >= 0.3 is 6.09 Å². The third-order valence-electron chi connectivity index (χ3n) is 7.57. The molecular weight excluding hydrogens is 512 g/mol. The zero-order chi connectivity index (χ0) is 29.5. The van der Waals surface area contributed by atoms with Crippen LogP contribution < -0.4 is 10.5 Å². The summed E-state index contributed by atoms with van der Waals surface area (Å²) >= 11 is 0. The van der Waals surface area contributed by atoms with E-state index in [0.717, 1.165) is 33.5 Å². The topological polar surface area (TPSA) is 78.6 Å². The number of pyridine rings is 1. The molecule has 41 heavy (non-hydrogen) atoms. The number of nitrogens with zero attached hydrogens (tertiary/aromatic N) is 4. The first-order chi connectivity index (χ1) is 19.5. The number of aromatic nitrogens is 1. The first-order valence-electron chi connectivity index (χ1n) is 14.0. The molecular formula is C34H36N4O3. The largest absolute Gasteiger partial charge is 0.444 e. The molecule has 0 bridgehead atoms. The number of hydrogen-bond donors (Lipinski definition) is 0. The summed E-state index contributed by atoms with van der Waals surface area (Å²) < 4.78 is 7.35. The average molecular weight is 549 g/mol. The molecule has 1 saturated heterocycles. The van der Waals surface area contributed by atoms with Crippen LogP contribution in [0, 0.1) is 18.3 Å². The highest BCUT2D eigenvalue weighted by Crippen LogP contribution is 2.31. The number of fused-ring (bicyclic) bond motifs is 1. The van der Waals surface area contributed by atoms with Crippen LogP contribution in [-0.4, -0.2) is 46.3 Å². The van der Waals surface area contributed by atoms with Crippen LogP contribution in [-0.2, 0) is 4.74 Å². The van der Waals surface area contributed by atoms with Crippen LogP contribution in [0.2, 0.25) is 0 Å². The molecule has 1 amide bonds. The van der Waals surface area contributed by atoms with E-state index in [1.54, 1.807) is 16.7 Å². The Morgan fingerprint density at radius 2 is 1.54 bits per heavy atom. The van der Waals surface area contributed by atoms with Gasteiger partial charge in [0.2, 0.25) is 0 Å². The summed E-state index contributed by atoms with van der Waals surface area (Å²) in [5.74, 6) is 0. The van der Waals surface area contributed by atoms with Gasteiger partial charge in [0.15, 0.2) is 0 Å². The number of hydrogen-bond acceptors (Lipinski definition) is 5. The maximum Gasteiger partial charge on any atom is 0.410 e. The normalized spacial score (nSPS) is 17.4. The van der Waals surface area contributed by atoms with Gasteiger partial charge in [-0.3, -0.25) is 14.3 Å². The first kappa shape index (κ1) is 28.0. The smallest absolute Gasteiger partial charge is 0.410 e. The molecule has 3 aromatic carbocycles. The molecule has 0 aliphatic carbocycles. The SMILES string of the molecule is Cc1cn(-c2ccc(N3CC(C)N(C(=O)OC(C)(C)C)C(C)C3)cc2)c(=O)c2cccc(-c3ccc(C#N)cc3)c12.